The number of carbonyl (C=O) groups is 1. The number of carbonyl (C=O) groups excluding carboxylic acids is 1. The number of benzene rings is 3. The predicted molar refractivity (Wildman–Crippen MR) is 120 cm³/mol. The zero-order valence-electron chi connectivity index (χ0n) is 17.4. The summed E-state index contributed by atoms with van der Waals surface area (Å²) in [7, 11) is -3.71. The van der Waals surface area contributed by atoms with Crippen LogP contribution in [0.5, 0.6) is 5.75 Å². The van der Waals surface area contributed by atoms with Crippen LogP contribution in [0.1, 0.15) is 46.8 Å². The zero-order valence-corrected chi connectivity index (χ0v) is 18.2. The lowest BCUT2D eigenvalue weighted by Gasteiger charge is -2.18. The summed E-state index contributed by atoms with van der Waals surface area (Å²) in [5, 5.41) is 3.16. The third kappa shape index (κ3) is 4.09. The molecule has 0 atom stereocenters. The molecule has 0 spiro atoms. The number of hydrogen-bond acceptors (Lipinski definition) is 5. The van der Waals surface area contributed by atoms with Crippen LogP contribution in [0.2, 0.25) is 0 Å². The minimum Gasteiger partial charge on any atom is -0.423 e. The molecule has 0 amide bonds. The van der Waals surface area contributed by atoms with E-state index in [1.807, 2.05) is 32.9 Å². The van der Waals surface area contributed by atoms with E-state index in [-0.39, 0.29) is 16.6 Å². The summed E-state index contributed by atoms with van der Waals surface area (Å²) >= 11 is 0. The molecule has 6 nitrogen and oxygen atoms in total. The van der Waals surface area contributed by atoms with Gasteiger partial charge in [0.05, 0.1) is 5.56 Å². The van der Waals surface area contributed by atoms with Gasteiger partial charge in [0.1, 0.15) is 10.6 Å². The normalized spacial score (nSPS) is 14.1. The second-order valence-corrected chi connectivity index (χ2v) is 9.22. The lowest BCUT2D eigenvalue weighted by Crippen LogP contribution is -2.14. The topological polar surface area (TPSA) is 84.8 Å². The molecule has 1 heterocycles. The van der Waals surface area contributed by atoms with E-state index in [2.05, 4.69) is 9.71 Å². The number of esters is 1. The highest BCUT2D eigenvalue weighted by Crippen LogP contribution is 2.34. The third-order valence-electron chi connectivity index (χ3n) is 5.08. The van der Waals surface area contributed by atoms with Gasteiger partial charge in [0, 0.05) is 11.3 Å². The number of rotatable bonds is 4. The standard InChI is InChI=1S/C24H22N2O4S/c1-15(2)19-14-20(25-23-18-11-7-8-12-22(18)31(28,29)26-23)16(3)13-21(19)30-24(27)17-9-5-4-6-10-17/h4-15H,1-3H3,(H,25,26). The van der Waals surface area contributed by atoms with Crippen molar-refractivity contribution in [1.29, 1.82) is 0 Å². The van der Waals surface area contributed by atoms with Gasteiger partial charge in [0.25, 0.3) is 10.0 Å². The van der Waals surface area contributed by atoms with Crippen LogP contribution in [0.4, 0.5) is 5.69 Å². The van der Waals surface area contributed by atoms with Crippen LogP contribution in [0.3, 0.4) is 0 Å². The van der Waals surface area contributed by atoms with Crippen molar-refractivity contribution in [2.45, 2.75) is 31.6 Å². The molecule has 4 rings (SSSR count). The van der Waals surface area contributed by atoms with Gasteiger partial charge in [-0.3, -0.25) is 0 Å². The molecule has 0 fully saturated rings. The summed E-state index contributed by atoms with van der Waals surface area (Å²) in [5.74, 6) is 0.403. The smallest absolute Gasteiger partial charge is 0.343 e. The molecular weight excluding hydrogens is 412 g/mol. The number of anilines is 1. The van der Waals surface area contributed by atoms with E-state index in [9.17, 15) is 13.2 Å². The van der Waals surface area contributed by atoms with E-state index >= 15 is 0 Å². The fourth-order valence-corrected chi connectivity index (χ4v) is 4.60. The summed E-state index contributed by atoms with van der Waals surface area (Å²) in [6, 6.07) is 19.2. The Morgan fingerprint density at radius 3 is 2.39 bits per heavy atom. The Morgan fingerprint density at radius 1 is 1.00 bits per heavy atom. The van der Waals surface area contributed by atoms with Gasteiger partial charge in [0.2, 0.25) is 0 Å². The first-order valence-corrected chi connectivity index (χ1v) is 11.3. The number of aryl methyl sites for hydroxylation is 1. The first-order chi connectivity index (χ1) is 14.8. The van der Waals surface area contributed by atoms with E-state index in [0.29, 0.717) is 22.6 Å². The number of hydrogen-bond donors (Lipinski definition) is 1. The summed E-state index contributed by atoms with van der Waals surface area (Å²) < 4.78 is 34.3. The summed E-state index contributed by atoms with van der Waals surface area (Å²) in [6.07, 6.45) is 0. The number of fused-ring (bicyclic) bond motifs is 1. The number of nitrogens with one attached hydrogen (secondary N) is 1. The molecule has 3 aromatic carbocycles. The van der Waals surface area contributed by atoms with Crippen LogP contribution in [0, 0.1) is 6.92 Å². The number of sulfonamides is 1. The first kappa shape index (κ1) is 20.8. The molecule has 1 N–H and O–H groups in total. The minimum absolute atomic E-state index is 0.0706. The van der Waals surface area contributed by atoms with Gasteiger partial charge in [-0.05, 0) is 60.4 Å². The van der Waals surface area contributed by atoms with Crippen molar-refractivity contribution < 1.29 is 17.9 Å². The molecule has 0 bridgehead atoms. The average molecular weight is 435 g/mol. The molecule has 0 unspecified atom stereocenters. The van der Waals surface area contributed by atoms with E-state index in [1.165, 1.54) is 0 Å². The van der Waals surface area contributed by atoms with Gasteiger partial charge < -0.3 is 10.1 Å². The van der Waals surface area contributed by atoms with Crippen LogP contribution < -0.4 is 10.1 Å². The summed E-state index contributed by atoms with van der Waals surface area (Å²) in [5.41, 5.74) is 3.33. The lowest BCUT2D eigenvalue weighted by atomic mass is 9.98. The zero-order chi connectivity index (χ0) is 22.2. The average Bonchev–Trinajstić information content (AvgIpc) is 3.00. The Labute approximate surface area is 181 Å². The quantitative estimate of drug-likeness (QED) is 0.466. The Morgan fingerprint density at radius 2 is 1.68 bits per heavy atom. The summed E-state index contributed by atoms with van der Waals surface area (Å²) in [6.45, 7) is 5.87. The Hall–Kier alpha value is -3.45. The number of amidine groups is 1. The van der Waals surface area contributed by atoms with Gasteiger partial charge in [-0.1, -0.05) is 44.2 Å². The van der Waals surface area contributed by atoms with Gasteiger partial charge in [-0.25, -0.2) is 4.79 Å². The fraction of sp³-hybridized carbons (Fsp3) is 0.167. The molecule has 0 saturated heterocycles. The highest BCUT2D eigenvalue weighted by atomic mass is 32.2. The van der Waals surface area contributed by atoms with Crippen LogP contribution in [-0.4, -0.2) is 20.2 Å². The molecule has 7 heteroatoms. The molecule has 158 valence electrons. The third-order valence-corrected chi connectivity index (χ3v) is 6.41. The van der Waals surface area contributed by atoms with Crippen LogP contribution >= 0.6 is 0 Å². The second-order valence-electron chi connectivity index (χ2n) is 7.65. The van der Waals surface area contributed by atoms with Crippen molar-refractivity contribution in [3.05, 3.63) is 89.0 Å². The van der Waals surface area contributed by atoms with Crippen molar-refractivity contribution in [3.63, 3.8) is 0 Å². The van der Waals surface area contributed by atoms with Crippen molar-refractivity contribution >= 4 is 27.5 Å². The van der Waals surface area contributed by atoms with Crippen LogP contribution in [0.25, 0.3) is 0 Å². The molecule has 0 radical (unpaired) electrons. The maximum atomic E-state index is 12.5. The van der Waals surface area contributed by atoms with Gasteiger partial charge in [-0.15, -0.1) is 4.40 Å². The number of nitrogens with zero attached hydrogens (tertiary/aromatic N) is 1. The van der Waals surface area contributed by atoms with E-state index < -0.39 is 16.0 Å². The van der Waals surface area contributed by atoms with E-state index in [0.717, 1.165) is 11.1 Å². The van der Waals surface area contributed by atoms with Gasteiger partial charge >= 0.3 is 5.97 Å². The van der Waals surface area contributed by atoms with E-state index in [1.54, 1.807) is 54.6 Å². The monoisotopic (exact) mass is 434 g/mol. The van der Waals surface area contributed by atoms with Gasteiger partial charge in [0.15, 0.2) is 5.84 Å². The Balaban J connectivity index is 1.68. The minimum atomic E-state index is -3.71. The Bertz CT molecular complexity index is 1300. The molecule has 1 aliphatic rings. The Kier molecular flexibility index (Phi) is 5.37. The number of ether oxygens (including phenoxy) is 1. The summed E-state index contributed by atoms with van der Waals surface area (Å²) in [4.78, 5) is 12.7. The molecule has 0 aliphatic carbocycles. The maximum Gasteiger partial charge on any atom is 0.343 e. The molecule has 3 aromatic rings. The molecular formula is C24H22N2O4S. The van der Waals surface area contributed by atoms with Crippen LogP contribution in [0.15, 0.2) is 76.0 Å². The molecule has 1 aliphatic heterocycles. The van der Waals surface area contributed by atoms with Crippen LogP contribution in [-0.2, 0) is 10.0 Å². The largest absolute Gasteiger partial charge is 0.423 e. The molecule has 31 heavy (non-hydrogen) atoms. The molecule has 0 aromatic heterocycles. The van der Waals surface area contributed by atoms with Crippen molar-refractivity contribution in [2.24, 2.45) is 4.40 Å². The SMILES string of the molecule is Cc1cc(OC(=O)c2ccccc2)c(C(C)C)cc1NC1=NS(=O)(=O)c2ccccc21. The van der Waals surface area contributed by atoms with Gasteiger partial charge in [-0.2, -0.15) is 8.42 Å². The highest BCUT2D eigenvalue weighted by molar-refractivity contribution is 7.90. The van der Waals surface area contributed by atoms with Crippen molar-refractivity contribution in [3.8, 4) is 5.75 Å². The molecule has 0 saturated carbocycles. The van der Waals surface area contributed by atoms with Crippen molar-refractivity contribution in [1.82, 2.24) is 0 Å². The fourth-order valence-electron chi connectivity index (χ4n) is 3.43. The second kappa shape index (κ2) is 8.00. The first-order valence-electron chi connectivity index (χ1n) is 9.89. The van der Waals surface area contributed by atoms with E-state index in [4.69, 9.17) is 4.74 Å². The predicted octanol–water partition coefficient (Wildman–Crippen LogP) is 4.90. The lowest BCUT2D eigenvalue weighted by molar-refractivity contribution is 0.0732. The highest BCUT2D eigenvalue weighted by Gasteiger charge is 2.29. The van der Waals surface area contributed by atoms with Crippen molar-refractivity contribution in [2.75, 3.05) is 5.32 Å². The maximum absolute atomic E-state index is 12.5.